The Morgan fingerprint density at radius 3 is 3.18 bits per heavy atom. The lowest BCUT2D eigenvalue weighted by molar-refractivity contribution is 1.21. The molecule has 0 bridgehead atoms. The predicted molar refractivity (Wildman–Crippen MR) is 45.4 cm³/mol. The van der Waals surface area contributed by atoms with Gasteiger partial charge in [0.25, 0.3) is 0 Å². The van der Waals surface area contributed by atoms with E-state index in [0.717, 1.165) is 10.2 Å². The second-order valence-electron chi connectivity index (χ2n) is 2.01. The van der Waals surface area contributed by atoms with Gasteiger partial charge >= 0.3 is 0 Å². The van der Waals surface area contributed by atoms with E-state index in [-0.39, 0.29) is 0 Å². The van der Waals surface area contributed by atoms with Gasteiger partial charge in [0.1, 0.15) is 16.9 Å². The smallest absolute Gasteiger partial charge is 0.127 e. The van der Waals surface area contributed by atoms with E-state index in [0.29, 0.717) is 5.69 Å². The van der Waals surface area contributed by atoms with Crippen LogP contribution in [0.2, 0.25) is 0 Å². The molecule has 0 saturated carbocycles. The van der Waals surface area contributed by atoms with Crippen molar-refractivity contribution in [3.63, 3.8) is 0 Å². The maximum Gasteiger partial charge on any atom is 0.127 e. The third-order valence-corrected chi connectivity index (χ3v) is 2.22. The minimum Gasteiger partial charge on any atom is -0.227 e. The lowest BCUT2D eigenvalue weighted by Crippen LogP contribution is -1.83. The summed E-state index contributed by atoms with van der Waals surface area (Å²) in [5.74, 6) is 2.51. The molecule has 2 nitrogen and oxygen atoms in total. The van der Waals surface area contributed by atoms with Crippen LogP contribution in [0, 0.1) is 12.3 Å². The molecule has 0 radical (unpaired) electrons. The van der Waals surface area contributed by atoms with Gasteiger partial charge in [-0.05, 0) is 17.4 Å². The van der Waals surface area contributed by atoms with Crippen LogP contribution in [0.15, 0.2) is 17.8 Å². The fraction of sp³-hybridized carbons (Fsp3) is 0. The highest BCUT2D eigenvalue weighted by atomic mass is 32.1. The van der Waals surface area contributed by atoms with Crippen molar-refractivity contribution < 1.29 is 0 Å². The first-order valence-electron chi connectivity index (χ1n) is 3.06. The predicted octanol–water partition coefficient (Wildman–Crippen LogP) is 1.67. The van der Waals surface area contributed by atoms with Crippen LogP contribution < -0.4 is 0 Å². The Bertz CT molecular complexity index is 425. The first-order valence-corrected chi connectivity index (χ1v) is 3.94. The van der Waals surface area contributed by atoms with Crippen molar-refractivity contribution in [2.24, 2.45) is 0 Å². The van der Waals surface area contributed by atoms with Crippen molar-refractivity contribution in [1.29, 1.82) is 0 Å². The van der Waals surface area contributed by atoms with Gasteiger partial charge in [0.2, 0.25) is 0 Å². The third-order valence-electron chi connectivity index (χ3n) is 1.40. The van der Waals surface area contributed by atoms with Gasteiger partial charge in [0.05, 0.1) is 0 Å². The lowest BCUT2D eigenvalue weighted by Gasteiger charge is -1.89. The Morgan fingerprint density at radius 1 is 1.45 bits per heavy atom. The summed E-state index contributed by atoms with van der Waals surface area (Å²) in [4.78, 5) is 8.97. The summed E-state index contributed by atoms with van der Waals surface area (Å²) in [6.45, 7) is 0. The average molecular weight is 160 g/mol. The van der Waals surface area contributed by atoms with E-state index in [1.54, 1.807) is 11.3 Å². The quantitative estimate of drug-likeness (QED) is 0.548. The molecule has 0 N–H and O–H groups in total. The van der Waals surface area contributed by atoms with Gasteiger partial charge in [-0.1, -0.05) is 0 Å². The molecule has 0 unspecified atom stereocenters. The topological polar surface area (TPSA) is 25.8 Å². The van der Waals surface area contributed by atoms with Crippen molar-refractivity contribution in [3.05, 3.63) is 23.5 Å². The number of rotatable bonds is 0. The maximum atomic E-state index is 5.24. The van der Waals surface area contributed by atoms with Gasteiger partial charge in [-0.3, -0.25) is 0 Å². The minimum atomic E-state index is 0.677. The molecule has 3 heteroatoms. The zero-order chi connectivity index (χ0) is 7.68. The van der Waals surface area contributed by atoms with Crippen LogP contribution in [0.3, 0.4) is 0 Å². The van der Waals surface area contributed by atoms with Crippen molar-refractivity contribution in [2.75, 3.05) is 0 Å². The van der Waals surface area contributed by atoms with Crippen LogP contribution in [-0.2, 0) is 0 Å². The van der Waals surface area contributed by atoms with Gasteiger partial charge in [-0.15, -0.1) is 17.8 Å². The van der Waals surface area contributed by atoms with E-state index in [2.05, 4.69) is 15.9 Å². The normalized spacial score (nSPS) is 9.73. The second kappa shape index (κ2) is 2.33. The number of fused-ring (bicyclic) bond motifs is 1. The molecule has 0 aliphatic heterocycles. The molecule has 0 spiro atoms. The first kappa shape index (κ1) is 6.32. The van der Waals surface area contributed by atoms with Crippen molar-refractivity contribution in [1.82, 2.24) is 9.97 Å². The van der Waals surface area contributed by atoms with Crippen molar-refractivity contribution >= 4 is 21.6 Å². The van der Waals surface area contributed by atoms with Crippen molar-refractivity contribution in [2.45, 2.75) is 0 Å². The molecule has 0 amide bonds. The molecule has 0 aliphatic carbocycles. The molecule has 0 atom stereocenters. The highest BCUT2D eigenvalue weighted by Crippen LogP contribution is 2.18. The Morgan fingerprint density at radius 2 is 2.36 bits per heavy atom. The number of hydrogen-bond acceptors (Lipinski definition) is 3. The van der Waals surface area contributed by atoms with Crippen LogP contribution in [0.25, 0.3) is 10.2 Å². The van der Waals surface area contributed by atoms with Crippen molar-refractivity contribution in [3.8, 4) is 12.3 Å². The fourth-order valence-corrected chi connectivity index (χ4v) is 1.64. The largest absolute Gasteiger partial charge is 0.227 e. The van der Waals surface area contributed by atoms with Crippen LogP contribution >= 0.6 is 11.3 Å². The number of hydrogen-bond donors (Lipinski definition) is 0. The summed E-state index contributed by atoms with van der Waals surface area (Å²) >= 11 is 1.57. The molecule has 0 fully saturated rings. The maximum absolute atomic E-state index is 5.24. The van der Waals surface area contributed by atoms with Gasteiger partial charge in [0.15, 0.2) is 0 Å². The van der Waals surface area contributed by atoms with E-state index in [1.807, 2.05) is 11.4 Å². The Labute approximate surface area is 67.9 Å². The molecular weight excluding hydrogens is 156 g/mol. The summed E-state index contributed by atoms with van der Waals surface area (Å²) in [6, 6.07) is 1.94. The summed E-state index contributed by atoms with van der Waals surface area (Å²) in [5, 5.41) is 2.93. The monoisotopic (exact) mass is 160 g/mol. The zero-order valence-corrected chi connectivity index (χ0v) is 6.43. The van der Waals surface area contributed by atoms with Crippen LogP contribution in [-0.4, -0.2) is 9.97 Å². The lowest BCUT2D eigenvalue weighted by atomic mass is 10.3. The molecular formula is C8H4N2S. The first-order chi connectivity index (χ1) is 5.42. The highest BCUT2D eigenvalue weighted by molar-refractivity contribution is 7.16. The van der Waals surface area contributed by atoms with E-state index in [9.17, 15) is 0 Å². The Balaban J connectivity index is 2.92. The minimum absolute atomic E-state index is 0.677. The van der Waals surface area contributed by atoms with Crippen LogP contribution in [0.1, 0.15) is 5.69 Å². The SMILES string of the molecule is C#Cc1ncnc2sccc12. The van der Waals surface area contributed by atoms with Gasteiger partial charge in [0, 0.05) is 5.39 Å². The molecule has 2 aromatic rings. The third kappa shape index (κ3) is 0.883. The highest BCUT2D eigenvalue weighted by Gasteiger charge is 1.99. The molecule has 11 heavy (non-hydrogen) atoms. The zero-order valence-electron chi connectivity index (χ0n) is 5.61. The number of terminal acetylenes is 1. The molecule has 2 heterocycles. The standard InChI is InChI=1S/C8H4N2S/c1-2-7-6-3-4-11-8(6)10-5-9-7/h1,3-5H. The summed E-state index contributed by atoms with van der Waals surface area (Å²) in [5.41, 5.74) is 0.677. The second-order valence-corrected chi connectivity index (χ2v) is 2.90. The summed E-state index contributed by atoms with van der Waals surface area (Å²) in [6.07, 6.45) is 6.73. The van der Waals surface area contributed by atoms with E-state index >= 15 is 0 Å². The van der Waals surface area contributed by atoms with Crippen LogP contribution in [0.4, 0.5) is 0 Å². The van der Waals surface area contributed by atoms with Crippen LogP contribution in [0.5, 0.6) is 0 Å². The van der Waals surface area contributed by atoms with E-state index in [4.69, 9.17) is 6.42 Å². The average Bonchev–Trinajstić information content (AvgIpc) is 2.50. The number of aromatic nitrogens is 2. The number of thiophene rings is 1. The van der Waals surface area contributed by atoms with E-state index < -0.39 is 0 Å². The fourth-order valence-electron chi connectivity index (χ4n) is 0.905. The molecule has 2 rings (SSSR count). The van der Waals surface area contributed by atoms with Gasteiger partial charge in [-0.25, -0.2) is 9.97 Å². The Hall–Kier alpha value is -1.40. The van der Waals surface area contributed by atoms with Gasteiger partial charge in [-0.2, -0.15) is 0 Å². The molecule has 52 valence electrons. The summed E-state index contributed by atoms with van der Waals surface area (Å²) < 4.78 is 0. The molecule has 2 aromatic heterocycles. The molecule has 0 aliphatic rings. The van der Waals surface area contributed by atoms with Gasteiger partial charge < -0.3 is 0 Å². The Kier molecular flexibility index (Phi) is 1.34. The molecule has 0 aromatic carbocycles. The summed E-state index contributed by atoms with van der Waals surface area (Å²) in [7, 11) is 0. The van der Waals surface area contributed by atoms with E-state index in [1.165, 1.54) is 6.33 Å². The molecule has 0 saturated heterocycles. The number of nitrogens with zero attached hydrogens (tertiary/aromatic N) is 2.